The molecule has 0 saturated heterocycles. The summed E-state index contributed by atoms with van der Waals surface area (Å²) in [4.78, 5) is 5.60. The monoisotopic (exact) mass is 408 g/mol. The Morgan fingerprint density at radius 2 is 2.22 bits per heavy atom. The van der Waals surface area contributed by atoms with Crippen LogP contribution in [0.5, 0.6) is 0 Å². The topological polar surface area (TPSA) is 24.9 Å². The lowest BCUT2D eigenvalue weighted by atomic mass is 10.2. The highest BCUT2D eigenvalue weighted by Gasteiger charge is 2.09. The highest BCUT2D eigenvalue weighted by molar-refractivity contribution is 9.11. The van der Waals surface area contributed by atoms with Gasteiger partial charge in [0.15, 0.2) is 0 Å². The lowest BCUT2D eigenvalue weighted by molar-refractivity contribution is 0.574. The maximum absolute atomic E-state index is 5.93. The Bertz CT molecular complexity index is 545. The summed E-state index contributed by atoms with van der Waals surface area (Å²) in [5.74, 6) is 0. The zero-order valence-electron chi connectivity index (χ0n) is 9.58. The number of halogens is 3. The molecular formula is C12H11Br2ClN2S. The molecule has 2 nitrogen and oxygen atoms in total. The van der Waals surface area contributed by atoms with Crippen molar-refractivity contribution >= 4 is 54.8 Å². The van der Waals surface area contributed by atoms with Crippen LogP contribution in [0.4, 0.5) is 0 Å². The van der Waals surface area contributed by atoms with Gasteiger partial charge in [-0.3, -0.25) is 4.98 Å². The molecule has 0 spiro atoms. The van der Waals surface area contributed by atoms with E-state index in [9.17, 15) is 0 Å². The van der Waals surface area contributed by atoms with E-state index in [4.69, 9.17) is 11.6 Å². The van der Waals surface area contributed by atoms with Crippen molar-refractivity contribution in [1.82, 2.24) is 10.3 Å². The predicted molar refractivity (Wildman–Crippen MR) is 84.2 cm³/mol. The third kappa shape index (κ3) is 3.78. The fourth-order valence-electron chi connectivity index (χ4n) is 1.48. The third-order valence-corrected chi connectivity index (χ3v) is 5.01. The lowest BCUT2D eigenvalue weighted by Gasteiger charge is -2.12. The zero-order valence-corrected chi connectivity index (χ0v) is 14.3. The van der Waals surface area contributed by atoms with E-state index in [-0.39, 0.29) is 6.04 Å². The van der Waals surface area contributed by atoms with E-state index in [0.29, 0.717) is 6.54 Å². The molecule has 0 saturated carbocycles. The van der Waals surface area contributed by atoms with Crippen molar-refractivity contribution < 1.29 is 0 Å². The Labute approximate surface area is 132 Å². The van der Waals surface area contributed by atoms with E-state index >= 15 is 0 Å². The fraction of sp³-hybridized carbons (Fsp3) is 0.250. The average molecular weight is 411 g/mol. The first-order chi connectivity index (χ1) is 8.56. The molecule has 0 aliphatic heterocycles. The molecular weight excluding hydrogens is 399 g/mol. The number of rotatable bonds is 4. The van der Waals surface area contributed by atoms with E-state index in [1.165, 1.54) is 4.88 Å². The number of nitrogens with zero attached hydrogens (tertiary/aromatic N) is 1. The number of hydrogen-bond donors (Lipinski definition) is 1. The Balaban J connectivity index is 1.99. The molecule has 0 radical (unpaired) electrons. The first kappa shape index (κ1) is 14.5. The Hall–Kier alpha value is 0.0600. The van der Waals surface area contributed by atoms with Gasteiger partial charge in [-0.05, 0) is 57.0 Å². The number of thiophene rings is 1. The molecule has 2 aromatic rings. The van der Waals surface area contributed by atoms with Gasteiger partial charge in [0.25, 0.3) is 0 Å². The molecule has 2 heterocycles. The SMILES string of the molecule is CC(NCc1ncc(Br)cc1Br)c1ccc(Cl)s1. The van der Waals surface area contributed by atoms with E-state index in [1.54, 1.807) is 17.5 Å². The van der Waals surface area contributed by atoms with Crippen LogP contribution in [0.3, 0.4) is 0 Å². The van der Waals surface area contributed by atoms with Crippen molar-refractivity contribution in [1.29, 1.82) is 0 Å². The molecule has 0 bridgehead atoms. The van der Waals surface area contributed by atoms with Crippen LogP contribution in [0.15, 0.2) is 33.3 Å². The van der Waals surface area contributed by atoms with Crippen LogP contribution in [-0.2, 0) is 6.54 Å². The largest absolute Gasteiger partial charge is 0.304 e. The lowest BCUT2D eigenvalue weighted by Crippen LogP contribution is -2.18. The van der Waals surface area contributed by atoms with Gasteiger partial charge in [-0.2, -0.15) is 0 Å². The minimum Gasteiger partial charge on any atom is -0.304 e. The van der Waals surface area contributed by atoms with Gasteiger partial charge < -0.3 is 5.32 Å². The van der Waals surface area contributed by atoms with Crippen molar-refractivity contribution in [3.05, 3.63) is 48.2 Å². The van der Waals surface area contributed by atoms with Gasteiger partial charge >= 0.3 is 0 Å². The third-order valence-electron chi connectivity index (χ3n) is 2.48. The molecule has 18 heavy (non-hydrogen) atoms. The molecule has 0 fully saturated rings. The summed E-state index contributed by atoms with van der Waals surface area (Å²) in [6.07, 6.45) is 1.80. The molecule has 2 aromatic heterocycles. The van der Waals surface area contributed by atoms with Crippen molar-refractivity contribution in [2.75, 3.05) is 0 Å². The molecule has 1 unspecified atom stereocenters. The van der Waals surface area contributed by atoms with Gasteiger partial charge in [-0.1, -0.05) is 11.6 Å². The zero-order chi connectivity index (χ0) is 13.1. The summed E-state index contributed by atoms with van der Waals surface area (Å²) in [5.41, 5.74) is 0.993. The van der Waals surface area contributed by atoms with Crippen LogP contribution in [0.25, 0.3) is 0 Å². The molecule has 1 N–H and O–H groups in total. The van der Waals surface area contributed by atoms with Crippen LogP contribution in [0.2, 0.25) is 4.34 Å². The number of nitrogens with one attached hydrogen (secondary N) is 1. The second-order valence-corrected chi connectivity index (χ2v) is 7.34. The molecule has 0 aliphatic carbocycles. The van der Waals surface area contributed by atoms with Gasteiger partial charge in [-0.15, -0.1) is 11.3 Å². The van der Waals surface area contributed by atoms with Crippen molar-refractivity contribution in [3.8, 4) is 0 Å². The minimum absolute atomic E-state index is 0.264. The van der Waals surface area contributed by atoms with Gasteiger partial charge in [0, 0.05) is 32.6 Å². The fourth-order valence-corrected chi connectivity index (χ4v) is 3.70. The maximum atomic E-state index is 5.93. The summed E-state index contributed by atoms with van der Waals surface area (Å²) < 4.78 is 2.79. The quantitative estimate of drug-likeness (QED) is 0.752. The van der Waals surface area contributed by atoms with E-state index in [2.05, 4.69) is 55.2 Å². The van der Waals surface area contributed by atoms with Gasteiger partial charge in [0.05, 0.1) is 10.0 Å². The smallest absolute Gasteiger partial charge is 0.0931 e. The standard InChI is InChI=1S/C12H11Br2ClN2S/c1-7(11-2-3-12(15)18-11)16-6-10-9(14)4-8(13)5-17-10/h2-5,7,16H,6H2,1H3. The van der Waals surface area contributed by atoms with Gasteiger partial charge in [-0.25, -0.2) is 0 Å². The van der Waals surface area contributed by atoms with Crippen LogP contribution in [0, 0.1) is 0 Å². The molecule has 1 atom stereocenters. The summed E-state index contributed by atoms with van der Waals surface area (Å²) in [5, 5.41) is 3.43. The van der Waals surface area contributed by atoms with E-state index in [1.807, 2.05) is 12.1 Å². The highest BCUT2D eigenvalue weighted by atomic mass is 79.9. The number of aromatic nitrogens is 1. The summed E-state index contributed by atoms with van der Waals surface area (Å²) in [7, 11) is 0. The van der Waals surface area contributed by atoms with Crippen LogP contribution in [0.1, 0.15) is 23.5 Å². The minimum atomic E-state index is 0.264. The van der Waals surface area contributed by atoms with Crippen molar-refractivity contribution in [2.24, 2.45) is 0 Å². The molecule has 0 aromatic carbocycles. The molecule has 0 aliphatic rings. The summed E-state index contributed by atoms with van der Waals surface area (Å²) in [6.45, 7) is 2.83. The van der Waals surface area contributed by atoms with E-state index in [0.717, 1.165) is 19.0 Å². The normalized spacial score (nSPS) is 12.7. The van der Waals surface area contributed by atoms with Gasteiger partial charge in [0.2, 0.25) is 0 Å². The molecule has 96 valence electrons. The number of hydrogen-bond acceptors (Lipinski definition) is 3. The first-order valence-corrected chi connectivity index (χ1v) is 8.13. The van der Waals surface area contributed by atoms with Crippen LogP contribution < -0.4 is 5.32 Å². The predicted octanol–water partition coefficient (Wildman–Crippen LogP) is 5.17. The van der Waals surface area contributed by atoms with Crippen molar-refractivity contribution in [2.45, 2.75) is 19.5 Å². The van der Waals surface area contributed by atoms with Crippen LogP contribution >= 0.6 is 54.8 Å². The first-order valence-electron chi connectivity index (χ1n) is 5.35. The summed E-state index contributed by atoms with van der Waals surface area (Å²) in [6, 6.07) is 6.23. The second-order valence-electron chi connectivity index (χ2n) is 3.83. The molecule has 6 heteroatoms. The highest BCUT2D eigenvalue weighted by Crippen LogP contribution is 2.27. The Kier molecular flexibility index (Phi) is 5.21. The van der Waals surface area contributed by atoms with E-state index < -0.39 is 0 Å². The van der Waals surface area contributed by atoms with Gasteiger partial charge in [0.1, 0.15) is 0 Å². The Morgan fingerprint density at radius 3 is 2.83 bits per heavy atom. The summed E-state index contributed by atoms with van der Waals surface area (Å²) >= 11 is 14.4. The van der Waals surface area contributed by atoms with Crippen molar-refractivity contribution in [3.63, 3.8) is 0 Å². The second kappa shape index (κ2) is 6.48. The molecule has 0 amide bonds. The maximum Gasteiger partial charge on any atom is 0.0931 e. The molecule has 2 rings (SSSR count). The Morgan fingerprint density at radius 1 is 1.44 bits per heavy atom. The number of pyridine rings is 1. The average Bonchev–Trinajstić information content (AvgIpc) is 2.74. The van der Waals surface area contributed by atoms with Crippen LogP contribution in [-0.4, -0.2) is 4.98 Å².